The number of carbonyl (C=O) groups excluding carboxylic acids is 1. The second-order valence-electron chi connectivity index (χ2n) is 6.03. The number of carbonyl (C=O) groups is 1. The molecule has 0 aromatic carbocycles. The van der Waals surface area contributed by atoms with Crippen LogP contribution in [0, 0.1) is 5.92 Å². The predicted octanol–water partition coefficient (Wildman–Crippen LogP) is 0.819. The Hall–Kier alpha value is -2.32. The van der Waals surface area contributed by atoms with Crippen molar-refractivity contribution in [3.8, 4) is 0 Å². The summed E-state index contributed by atoms with van der Waals surface area (Å²) in [6.45, 7) is 0.369. The largest absolute Gasteiger partial charge is 0.353 e. The molecule has 2 aliphatic rings. The van der Waals surface area contributed by atoms with Crippen LogP contribution in [-0.4, -0.2) is 51.8 Å². The average molecular weight is 322 g/mol. The van der Waals surface area contributed by atoms with Crippen LogP contribution in [0.5, 0.6) is 0 Å². The zero-order valence-corrected chi connectivity index (χ0v) is 12.3. The number of alkyl halides is 2. The minimum absolute atomic E-state index is 0.268. The molecule has 0 radical (unpaired) electrons. The van der Waals surface area contributed by atoms with Gasteiger partial charge in [0.1, 0.15) is 5.82 Å². The number of fused-ring (bicyclic) bond motifs is 1. The molecular weight excluding hydrogens is 306 g/mol. The molecule has 9 heteroatoms. The number of nitrogens with one attached hydrogen (secondary N) is 1. The van der Waals surface area contributed by atoms with Crippen LogP contribution in [0.15, 0.2) is 12.1 Å². The summed E-state index contributed by atoms with van der Waals surface area (Å²) in [7, 11) is 0. The highest BCUT2D eigenvalue weighted by atomic mass is 19.3. The summed E-state index contributed by atoms with van der Waals surface area (Å²) in [6, 6.07) is 3.69. The van der Waals surface area contributed by atoms with E-state index in [0.717, 1.165) is 24.5 Å². The van der Waals surface area contributed by atoms with Crippen molar-refractivity contribution in [3.05, 3.63) is 18.0 Å². The van der Waals surface area contributed by atoms with Gasteiger partial charge < -0.3 is 10.2 Å². The van der Waals surface area contributed by atoms with Crippen molar-refractivity contribution in [3.63, 3.8) is 0 Å². The molecule has 1 aliphatic heterocycles. The molecule has 3 heterocycles. The second kappa shape index (κ2) is 5.39. The van der Waals surface area contributed by atoms with Crippen LogP contribution >= 0.6 is 0 Å². The van der Waals surface area contributed by atoms with Gasteiger partial charge >= 0.3 is 0 Å². The van der Waals surface area contributed by atoms with Crippen molar-refractivity contribution in [1.29, 1.82) is 0 Å². The van der Waals surface area contributed by atoms with Crippen molar-refractivity contribution in [1.82, 2.24) is 25.1 Å². The minimum atomic E-state index is -2.52. The number of nitrogens with zero attached hydrogens (tertiary/aromatic N) is 5. The molecule has 7 nitrogen and oxygen atoms in total. The number of hydrogen-bond donors (Lipinski definition) is 1. The van der Waals surface area contributed by atoms with E-state index in [1.807, 2.05) is 17.0 Å². The van der Waals surface area contributed by atoms with E-state index in [-0.39, 0.29) is 11.8 Å². The molecule has 23 heavy (non-hydrogen) atoms. The van der Waals surface area contributed by atoms with Gasteiger partial charge in [-0.1, -0.05) is 0 Å². The highest BCUT2D eigenvalue weighted by Crippen LogP contribution is 2.38. The van der Waals surface area contributed by atoms with Crippen molar-refractivity contribution >= 4 is 17.4 Å². The third-order valence-corrected chi connectivity index (χ3v) is 4.22. The topological polar surface area (TPSA) is 75.4 Å². The van der Waals surface area contributed by atoms with Crippen LogP contribution in [0.25, 0.3) is 5.65 Å². The number of amides is 1. The SMILES string of the molecule is O=C(NCC(F)F)C1CN(c2ccc3nnc(C4CC4)n3n2)C1. The molecule has 1 amide bonds. The second-order valence-corrected chi connectivity index (χ2v) is 6.03. The standard InChI is InChI=1S/C14H16F2N6O/c15-10(16)5-17-14(23)9-6-21(7-9)12-4-3-11-18-19-13(8-1-2-8)22(11)20-12/h3-4,8-10H,1-2,5-7H2,(H,17,23). The molecule has 1 aliphatic carbocycles. The molecular formula is C14H16F2N6O. The van der Waals surface area contributed by atoms with Crippen LogP contribution in [-0.2, 0) is 4.79 Å². The van der Waals surface area contributed by atoms with Gasteiger partial charge in [-0.05, 0) is 25.0 Å². The summed E-state index contributed by atoms with van der Waals surface area (Å²) < 4.78 is 26.0. The van der Waals surface area contributed by atoms with Gasteiger partial charge in [-0.15, -0.1) is 15.3 Å². The van der Waals surface area contributed by atoms with Crippen molar-refractivity contribution in [2.45, 2.75) is 25.2 Å². The van der Waals surface area contributed by atoms with E-state index in [1.165, 1.54) is 0 Å². The van der Waals surface area contributed by atoms with Gasteiger partial charge in [0.15, 0.2) is 11.5 Å². The zero-order chi connectivity index (χ0) is 16.0. The molecule has 1 saturated carbocycles. The predicted molar refractivity (Wildman–Crippen MR) is 77.5 cm³/mol. The van der Waals surface area contributed by atoms with Gasteiger partial charge in [0, 0.05) is 19.0 Å². The Bertz CT molecular complexity index is 738. The molecule has 0 spiro atoms. The maximum atomic E-state index is 12.1. The Morgan fingerprint density at radius 1 is 1.30 bits per heavy atom. The van der Waals surface area contributed by atoms with E-state index in [9.17, 15) is 13.6 Å². The lowest BCUT2D eigenvalue weighted by atomic mass is 9.99. The first-order valence-corrected chi connectivity index (χ1v) is 7.65. The average Bonchev–Trinajstić information content (AvgIpc) is 3.23. The first-order chi connectivity index (χ1) is 11.1. The number of aromatic nitrogens is 4. The molecule has 2 aromatic rings. The van der Waals surface area contributed by atoms with E-state index in [0.29, 0.717) is 24.7 Å². The van der Waals surface area contributed by atoms with Crippen LogP contribution in [0.4, 0.5) is 14.6 Å². The van der Waals surface area contributed by atoms with Gasteiger partial charge in [-0.25, -0.2) is 8.78 Å². The minimum Gasteiger partial charge on any atom is -0.353 e. The van der Waals surface area contributed by atoms with Gasteiger partial charge in [0.2, 0.25) is 5.91 Å². The maximum Gasteiger partial charge on any atom is 0.255 e. The molecule has 1 N–H and O–H groups in total. The summed E-state index contributed by atoms with van der Waals surface area (Å²) in [5, 5.41) is 15.1. The van der Waals surface area contributed by atoms with E-state index in [2.05, 4.69) is 20.6 Å². The number of rotatable bonds is 5. The molecule has 2 aromatic heterocycles. The van der Waals surface area contributed by atoms with E-state index >= 15 is 0 Å². The van der Waals surface area contributed by atoms with E-state index in [1.54, 1.807) is 4.52 Å². The highest BCUT2D eigenvalue weighted by molar-refractivity contribution is 5.81. The maximum absolute atomic E-state index is 12.1. The molecule has 122 valence electrons. The summed E-state index contributed by atoms with van der Waals surface area (Å²) in [5.41, 5.74) is 0.711. The van der Waals surface area contributed by atoms with E-state index in [4.69, 9.17) is 0 Å². The van der Waals surface area contributed by atoms with Crippen LogP contribution in [0.2, 0.25) is 0 Å². The van der Waals surface area contributed by atoms with Crippen LogP contribution < -0.4 is 10.2 Å². The zero-order valence-electron chi connectivity index (χ0n) is 12.3. The van der Waals surface area contributed by atoms with Crippen molar-refractivity contribution in [2.75, 3.05) is 24.5 Å². The van der Waals surface area contributed by atoms with Gasteiger partial charge in [-0.3, -0.25) is 4.79 Å². The van der Waals surface area contributed by atoms with Crippen LogP contribution in [0.3, 0.4) is 0 Å². The van der Waals surface area contributed by atoms with E-state index < -0.39 is 13.0 Å². The Morgan fingerprint density at radius 2 is 2.09 bits per heavy atom. The Balaban J connectivity index is 1.43. The highest BCUT2D eigenvalue weighted by Gasteiger charge is 2.34. The quantitative estimate of drug-likeness (QED) is 0.882. The third kappa shape index (κ3) is 2.71. The Kier molecular flexibility index (Phi) is 3.35. The summed E-state index contributed by atoms with van der Waals surface area (Å²) in [4.78, 5) is 13.7. The van der Waals surface area contributed by atoms with Gasteiger partial charge in [0.05, 0.1) is 12.5 Å². The van der Waals surface area contributed by atoms with Gasteiger partial charge in [-0.2, -0.15) is 4.52 Å². The monoisotopic (exact) mass is 322 g/mol. The fourth-order valence-corrected chi connectivity index (χ4v) is 2.71. The van der Waals surface area contributed by atoms with Crippen molar-refractivity contribution in [2.24, 2.45) is 5.92 Å². The lowest BCUT2D eigenvalue weighted by molar-refractivity contribution is -0.126. The molecule has 0 bridgehead atoms. The summed E-state index contributed by atoms with van der Waals surface area (Å²) >= 11 is 0. The van der Waals surface area contributed by atoms with Crippen LogP contribution in [0.1, 0.15) is 24.6 Å². The summed E-state index contributed by atoms with van der Waals surface area (Å²) in [6.07, 6.45) is -0.292. The fraction of sp³-hybridized carbons (Fsp3) is 0.571. The first kappa shape index (κ1) is 14.3. The smallest absolute Gasteiger partial charge is 0.255 e. The lowest BCUT2D eigenvalue weighted by Gasteiger charge is -2.38. The number of halogens is 2. The molecule has 0 atom stereocenters. The first-order valence-electron chi connectivity index (χ1n) is 7.65. The number of hydrogen-bond acceptors (Lipinski definition) is 5. The third-order valence-electron chi connectivity index (χ3n) is 4.22. The normalized spacial score (nSPS) is 18.5. The van der Waals surface area contributed by atoms with Gasteiger partial charge in [0.25, 0.3) is 6.43 Å². The Labute approximate surface area is 130 Å². The fourth-order valence-electron chi connectivity index (χ4n) is 2.71. The van der Waals surface area contributed by atoms with Crippen molar-refractivity contribution < 1.29 is 13.6 Å². The summed E-state index contributed by atoms with van der Waals surface area (Å²) in [5.74, 6) is 1.48. The molecule has 4 rings (SSSR count). The molecule has 1 saturated heterocycles. The lowest BCUT2D eigenvalue weighted by Crippen LogP contribution is -2.54. The number of anilines is 1. The molecule has 2 fully saturated rings. The molecule has 0 unspecified atom stereocenters. The Morgan fingerprint density at radius 3 is 2.78 bits per heavy atom.